The van der Waals surface area contributed by atoms with E-state index in [0.717, 1.165) is 17.9 Å². The van der Waals surface area contributed by atoms with Crippen molar-refractivity contribution in [2.45, 2.75) is 32.6 Å². The summed E-state index contributed by atoms with van der Waals surface area (Å²) in [6, 6.07) is 8.57. The topological polar surface area (TPSA) is 54.7 Å². The monoisotopic (exact) mass is 243 g/mol. The number of nitrogens with two attached hydrogens (primary N) is 1. The van der Waals surface area contributed by atoms with Gasteiger partial charge in [-0.1, -0.05) is 45.0 Å². The van der Waals surface area contributed by atoms with E-state index in [1.807, 2.05) is 6.20 Å². The van der Waals surface area contributed by atoms with Crippen molar-refractivity contribution in [2.24, 2.45) is 5.73 Å². The van der Waals surface area contributed by atoms with Crippen LogP contribution in [0.4, 0.5) is 0 Å². The maximum absolute atomic E-state index is 5.76. The number of imidazole rings is 1. The summed E-state index contributed by atoms with van der Waals surface area (Å²) in [6.45, 7) is 6.92. The summed E-state index contributed by atoms with van der Waals surface area (Å²) < 4.78 is 0. The van der Waals surface area contributed by atoms with Gasteiger partial charge < -0.3 is 10.7 Å². The van der Waals surface area contributed by atoms with Crippen LogP contribution in [-0.2, 0) is 11.8 Å². The van der Waals surface area contributed by atoms with Gasteiger partial charge in [0.1, 0.15) is 5.82 Å². The van der Waals surface area contributed by atoms with Crippen molar-refractivity contribution < 1.29 is 0 Å². The lowest BCUT2D eigenvalue weighted by molar-refractivity contribution is 0.508. The number of nitrogens with one attached hydrogen (secondary N) is 1. The fraction of sp³-hybridized carbons (Fsp3) is 0.400. The first kappa shape index (κ1) is 12.8. The van der Waals surface area contributed by atoms with Gasteiger partial charge >= 0.3 is 0 Å². The summed E-state index contributed by atoms with van der Waals surface area (Å²) in [6.07, 6.45) is 2.95. The number of hydrogen-bond acceptors (Lipinski definition) is 2. The predicted octanol–water partition coefficient (Wildman–Crippen LogP) is 2.88. The molecule has 2 rings (SSSR count). The van der Waals surface area contributed by atoms with Gasteiger partial charge in [-0.2, -0.15) is 0 Å². The number of rotatable bonds is 4. The molecule has 0 aliphatic carbocycles. The highest BCUT2D eigenvalue weighted by Crippen LogP contribution is 2.23. The Kier molecular flexibility index (Phi) is 3.53. The van der Waals surface area contributed by atoms with Gasteiger partial charge in [0, 0.05) is 12.0 Å². The van der Waals surface area contributed by atoms with Crippen molar-refractivity contribution in [2.75, 3.05) is 6.54 Å². The molecule has 0 unspecified atom stereocenters. The third kappa shape index (κ3) is 2.46. The van der Waals surface area contributed by atoms with Crippen molar-refractivity contribution in [3.8, 4) is 11.3 Å². The minimum absolute atomic E-state index is 0.110. The number of nitrogens with zero attached hydrogens (tertiary/aromatic N) is 1. The number of H-pyrrole nitrogens is 1. The second kappa shape index (κ2) is 4.94. The Morgan fingerprint density at radius 3 is 2.44 bits per heavy atom. The van der Waals surface area contributed by atoms with Crippen molar-refractivity contribution in [3.63, 3.8) is 0 Å². The van der Waals surface area contributed by atoms with Crippen molar-refractivity contribution >= 4 is 0 Å². The van der Waals surface area contributed by atoms with E-state index >= 15 is 0 Å². The summed E-state index contributed by atoms with van der Waals surface area (Å²) in [4.78, 5) is 7.81. The maximum Gasteiger partial charge on any atom is 0.113 e. The average molecular weight is 243 g/mol. The van der Waals surface area contributed by atoms with E-state index < -0.39 is 0 Å². The van der Waals surface area contributed by atoms with E-state index in [1.54, 1.807) is 0 Å². The van der Waals surface area contributed by atoms with Crippen LogP contribution in [0.5, 0.6) is 0 Å². The van der Waals surface area contributed by atoms with E-state index in [-0.39, 0.29) is 5.41 Å². The molecule has 0 amide bonds. The fourth-order valence-corrected chi connectivity index (χ4v) is 1.83. The van der Waals surface area contributed by atoms with E-state index in [1.165, 1.54) is 11.1 Å². The molecule has 1 heterocycles. The third-order valence-corrected chi connectivity index (χ3v) is 3.40. The Labute approximate surface area is 108 Å². The summed E-state index contributed by atoms with van der Waals surface area (Å²) in [7, 11) is 0. The highest BCUT2D eigenvalue weighted by Gasteiger charge is 2.22. The van der Waals surface area contributed by atoms with Crippen molar-refractivity contribution in [1.29, 1.82) is 0 Å². The van der Waals surface area contributed by atoms with Gasteiger partial charge in [-0.05, 0) is 17.5 Å². The summed E-state index contributed by atoms with van der Waals surface area (Å²) >= 11 is 0. The zero-order valence-electron chi connectivity index (χ0n) is 11.3. The van der Waals surface area contributed by atoms with E-state index in [9.17, 15) is 0 Å². The van der Waals surface area contributed by atoms with Crippen LogP contribution >= 0.6 is 0 Å². The van der Waals surface area contributed by atoms with Crippen LogP contribution in [0.15, 0.2) is 30.5 Å². The quantitative estimate of drug-likeness (QED) is 0.867. The molecule has 0 radical (unpaired) electrons. The number of benzene rings is 1. The van der Waals surface area contributed by atoms with Gasteiger partial charge in [-0.3, -0.25) is 0 Å². The summed E-state index contributed by atoms with van der Waals surface area (Å²) in [5.41, 5.74) is 9.22. The Morgan fingerprint density at radius 2 is 1.89 bits per heavy atom. The van der Waals surface area contributed by atoms with Gasteiger partial charge in [0.05, 0.1) is 11.9 Å². The molecule has 1 aromatic heterocycles. The largest absolute Gasteiger partial charge is 0.342 e. The SMILES string of the molecule is CCc1ccc(-c2cnc(C(C)(C)CN)[nH]2)cc1. The molecule has 0 spiro atoms. The minimum Gasteiger partial charge on any atom is -0.342 e. The Hall–Kier alpha value is -1.61. The number of aromatic amines is 1. The van der Waals surface area contributed by atoms with Crippen LogP contribution in [-0.4, -0.2) is 16.5 Å². The standard InChI is InChI=1S/C15H21N3/c1-4-11-5-7-12(8-6-11)13-9-17-14(18-13)15(2,3)10-16/h5-9H,4,10,16H2,1-3H3,(H,17,18). The number of hydrogen-bond donors (Lipinski definition) is 2. The van der Waals surface area contributed by atoms with Crippen LogP contribution in [0.25, 0.3) is 11.3 Å². The number of aryl methyl sites for hydroxylation is 1. The van der Waals surface area contributed by atoms with Crippen LogP contribution in [0.2, 0.25) is 0 Å². The molecule has 0 bridgehead atoms. The molecule has 0 saturated heterocycles. The molecular formula is C15H21N3. The second-order valence-corrected chi connectivity index (χ2v) is 5.28. The Balaban J connectivity index is 2.29. The lowest BCUT2D eigenvalue weighted by Gasteiger charge is -2.18. The minimum atomic E-state index is -0.110. The molecule has 1 aromatic carbocycles. The van der Waals surface area contributed by atoms with E-state index in [2.05, 4.69) is 55.0 Å². The lowest BCUT2D eigenvalue weighted by Crippen LogP contribution is -2.29. The summed E-state index contributed by atoms with van der Waals surface area (Å²) in [5.74, 6) is 0.944. The molecule has 3 nitrogen and oxygen atoms in total. The first-order valence-corrected chi connectivity index (χ1v) is 6.41. The molecule has 3 N–H and O–H groups in total. The molecule has 0 fully saturated rings. The molecule has 0 saturated carbocycles. The van der Waals surface area contributed by atoms with Gasteiger partial charge in [-0.25, -0.2) is 4.98 Å². The fourth-order valence-electron chi connectivity index (χ4n) is 1.83. The smallest absolute Gasteiger partial charge is 0.113 e. The van der Waals surface area contributed by atoms with Gasteiger partial charge in [0.25, 0.3) is 0 Å². The van der Waals surface area contributed by atoms with Gasteiger partial charge in [0.2, 0.25) is 0 Å². The van der Waals surface area contributed by atoms with Crippen molar-refractivity contribution in [3.05, 3.63) is 41.9 Å². The zero-order chi connectivity index (χ0) is 13.2. The van der Waals surface area contributed by atoms with Crippen molar-refractivity contribution in [1.82, 2.24) is 9.97 Å². The normalized spacial score (nSPS) is 11.8. The van der Waals surface area contributed by atoms with Crippen LogP contribution in [0.3, 0.4) is 0 Å². The van der Waals surface area contributed by atoms with Gasteiger partial charge in [0.15, 0.2) is 0 Å². The molecule has 0 aliphatic heterocycles. The van der Waals surface area contributed by atoms with Crippen LogP contribution in [0, 0.1) is 0 Å². The Morgan fingerprint density at radius 1 is 1.22 bits per heavy atom. The molecule has 18 heavy (non-hydrogen) atoms. The highest BCUT2D eigenvalue weighted by molar-refractivity contribution is 5.59. The lowest BCUT2D eigenvalue weighted by atomic mass is 9.93. The Bertz CT molecular complexity index is 509. The van der Waals surface area contributed by atoms with Crippen LogP contribution < -0.4 is 5.73 Å². The zero-order valence-corrected chi connectivity index (χ0v) is 11.3. The molecule has 2 aromatic rings. The van der Waals surface area contributed by atoms with E-state index in [0.29, 0.717) is 6.54 Å². The molecule has 96 valence electrons. The first-order valence-electron chi connectivity index (χ1n) is 6.41. The second-order valence-electron chi connectivity index (χ2n) is 5.28. The van der Waals surface area contributed by atoms with E-state index in [4.69, 9.17) is 5.73 Å². The number of aromatic nitrogens is 2. The van der Waals surface area contributed by atoms with Gasteiger partial charge in [-0.15, -0.1) is 0 Å². The molecular weight excluding hydrogens is 222 g/mol. The molecule has 3 heteroatoms. The molecule has 0 atom stereocenters. The average Bonchev–Trinajstić information content (AvgIpc) is 2.89. The molecule has 0 aliphatic rings. The summed E-state index contributed by atoms with van der Waals surface area (Å²) in [5, 5.41) is 0. The maximum atomic E-state index is 5.76. The third-order valence-electron chi connectivity index (χ3n) is 3.40. The highest BCUT2D eigenvalue weighted by atomic mass is 14.9. The van der Waals surface area contributed by atoms with Crippen LogP contribution in [0.1, 0.15) is 32.2 Å². The predicted molar refractivity (Wildman–Crippen MR) is 75.5 cm³/mol. The first-order chi connectivity index (χ1) is 8.56.